The van der Waals surface area contributed by atoms with Crippen molar-refractivity contribution in [2.45, 2.75) is 12.8 Å². The molecule has 2 aromatic carbocycles. The van der Waals surface area contributed by atoms with Gasteiger partial charge in [0.1, 0.15) is 6.29 Å². The van der Waals surface area contributed by atoms with E-state index >= 15 is 0 Å². The number of hydrogen-bond donors (Lipinski definition) is 0. The highest BCUT2D eigenvalue weighted by atomic mass is 16.5. The standard InChI is InChI=1S/C20H23NO3/c1-24-15-14-21(13-5-8-17-6-3-2-4-7-17)20(23)19-11-9-18(16-22)10-12-19/h2-4,6-7,9-12,16H,5,8,13-15H2,1H3. The number of ether oxygens (including phenoxy) is 1. The van der Waals surface area contributed by atoms with E-state index in [4.69, 9.17) is 4.74 Å². The number of hydrogen-bond acceptors (Lipinski definition) is 3. The maximum Gasteiger partial charge on any atom is 0.253 e. The molecule has 0 saturated carbocycles. The zero-order valence-electron chi connectivity index (χ0n) is 14.0. The third-order valence-corrected chi connectivity index (χ3v) is 3.88. The van der Waals surface area contributed by atoms with E-state index in [1.165, 1.54) is 5.56 Å². The second-order valence-corrected chi connectivity index (χ2v) is 5.61. The third kappa shape index (κ3) is 5.32. The molecular weight excluding hydrogens is 302 g/mol. The van der Waals surface area contributed by atoms with Gasteiger partial charge in [0.05, 0.1) is 6.61 Å². The van der Waals surface area contributed by atoms with E-state index < -0.39 is 0 Å². The molecule has 0 atom stereocenters. The third-order valence-electron chi connectivity index (χ3n) is 3.88. The van der Waals surface area contributed by atoms with Gasteiger partial charge in [-0.05, 0) is 30.5 Å². The smallest absolute Gasteiger partial charge is 0.253 e. The fourth-order valence-corrected chi connectivity index (χ4v) is 2.52. The number of nitrogens with zero attached hydrogens (tertiary/aromatic N) is 1. The second-order valence-electron chi connectivity index (χ2n) is 5.61. The van der Waals surface area contributed by atoms with Gasteiger partial charge in [0, 0.05) is 31.3 Å². The van der Waals surface area contributed by atoms with Gasteiger partial charge in [0.25, 0.3) is 5.91 Å². The second kappa shape index (κ2) is 9.63. The molecule has 0 aliphatic carbocycles. The van der Waals surface area contributed by atoms with E-state index in [9.17, 15) is 9.59 Å². The van der Waals surface area contributed by atoms with Crippen molar-refractivity contribution in [3.8, 4) is 0 Å². The fraction of sp³-hybridized carbons (Fsp3) is 0.300. The van der Waals surface area contributed by atoms with E-state index in [0.717, 1.165) is 19.1 Å². The lowest BCUT2D eigenvalue weighted by Gasteiger charge is -2.22. The molecule has 0 N–H and O–H groups in total. The van der Waals surface area contributed by atoms with Crippen LogP contribution in [-0.2, 0) is 11.2 Å². The monoisotopic (exact) mass is 325 g/mol. The molecule has 0 spiro atoms. The van der Waals surface area contributed by atoms with Gasteiger partial charge in [-0.15, -0.1) is 0 Å². The summed E-state index contributed by atoms with van der Waals surface area (Å²) < 4.78 is 5.12. The van der Waals surface area contributed by atoms with Crippen LogP contribution in [0.1, 0.15) is 32.7 Å². The molecule has 4 heteroatoms. The topological polar surface area (TPSA) is 46.6 Å². The number of rotatable bonds is 9. The van der Waals surface area contributed by atoms with E-state index in [1.807, 2.05) is 23.1 Å². The van der Waals surface area contributed by atoms with Crippen LogP contribution < -0.4 is 0 Å². The van der Waals surface area contributed by atoms with Gasteiger partial charge >= 0.3 is 0 Å². The lowest BCUT2D eigenvalue weighted by Crippen LogP contribution is -2.35. The maximum atomic E-state index is 12.7. The summed E-state index contributed by atoms with van der Waals surface area (Å²) in [6.45, 7) is 1.73. The first-order valence-electron chi connectivity index (χ1n) is 8.12. The van der Waals surface area contributed by atoms with Crippen LogP contribution in [0.25, 0.3) is 0 Å². The van der Waals surface area contributed by atoms with Crippen LogP contribution in [0.3, 0.4) is 0 Å². The molecule has 0 radical (unpaired) electrons. The summed E-state index contributed by atoms with van der Waals surface area (Å²) in [5.74, 6) is -0.0300. The molecule has 1 amide bonds. The Kier molecular flexibility index (Phi) is 7.18. The van der Waals surface area contributed by atoms with Crippen molar-refractivity contribution in [2.24, 2.45) is 0 Å². The molecule has 0 bridgehead atoms. The SMILES string of the molecule is COCCN(CCCc1ccccc1)C(=O)c1ccc(C=O)cc1. The zero-order chi connectivity index (χ0) is 17.2. The summed E-state index contributed by atoms with van der Waals surface area (Å²) in [6, 6.07) is 17.0. The van der Waals surface area contributed by atoms with Crippen LogP contribution in [0.5, 0.6) is 0 Å². The minimum atomic E-state index is -0.0300. The molecule has 4 nitrogen and oxygen atoms in total. The van der Waals surface area contributed by atoms with Crippen molar-refractivity contribution >= 4 is 12.2 Å². The van der Waals surface area contributed by atoms with Gasteiger partial charge in [0.15, 0.2) is 0 Å². The van der Waals surface area contributed by atoms with Gasteiger partial charge in [-0.25, -0.2) is 0 Å². The van der Waals surface area contributed by atoms with Crippen molar-refractivity contribution in [1.29, 1.82) is 0 Å². The molecule has 0 unspecified atom stereocenters. The first kappa shape index (κ1) is 17.9. The largest absolute Gasteiger partial charge is 0.383 e. The number of benzene rings is 2. The first-order chi connectivity index (χ1) is 11.7. The maximum absolute atomic E-state index is 12.7. The van der Waals surface area contributed by atoms with Crippen molar-refractivity contribution in [2.75, 3.05) is 26.8 Å². The normalized spacial score (nSPS) is 10.4. The highest BCUT2D eigenvalue weighted by Gasteiger charge is 2.15. The van der Waals surface area contributed by atoms with Crippen LogP contribution in [0.2, 0.25) is 0 Å². The number of methoxy groups -OCH3 is 1. The lowest BCUT2D eigenvalue weighted by molar-refractivity contribution is 0.0693. The number of aryl methyl sites for hydroxylation is 1. The number of carbonyl (C=O) groups excluding carboxylic acids is 2. The zero-order valence-corrected chi connectivity index (χ0v) is 14.0. The van der Waals surface area contributed by atoms with E-state index in [1.54, 1.807) is 31.4 Å². The minimum absolute atomic E-state index is 0.0300. The van der Waals surface area contributed by atoms with Crippen molar-refractivity contribution in [3.05, 3.63) is 71.3 Å². The summed E-state index contributed by atoms with van der Waals surface area (Å²) >= 11 is 0. The summed E-state index contributed by atoms with van der Waals surface area (Å²) in [7, 11) is 1.63. The van der Waals surface area contributed by atoms with Crippen LogP contribution >= 0.6 is 0 Å². The molecule has 126 valence electrons. The Morgan fingerprint density at radius 3 is 2.38 bits per heavy atom. The molecule has 0 saturated heterocycles. The summed E-state index contributed by atoms with van der Waals surface area (Å²) in [6.07, 6.45) is 2.60. The van der Waals surface area contributed by atoms with Crippen LogP contribution in [-0.4, -0.2) is 43.9 Å². The van der Waals surface area contributed by atoms with Gasteiger partial charge in [-0.3, -0.25) is 9.59 Å². The molecule has 0 heterocycles. The fourth-order valence-electron chi connectivity index (χ4n) is 2.52. The predicted octanol–water partition coefficient (Wildman–Crippen LogP) is 3.22. The first-order valence-corrected chi connectivity index (χ1v) is 8.12. The van der Waals surface area contributed by atoms with Gasteiger partial charge in [-0.1, -0.05) is 42.5 Å². The van der Waals surface area contributed by atoms with Gasteiger partial charge in [0.2, 0.25) is 0 Å². The van der Waals surface area contributed by atoms with Crippen LogP contribution in [0, 0.1) is 0 Å². The van der Waals surface area contributed by atoms with Crippen LogP contribution in [0.4, 0.5) is 0 Å². The Balaban J connectivity index is 1.97. The molecule has 0 aliphatic heterocycles. The Hall–Kier alpha value is -2.46. The Morgan fingerprint density at radius 1 is 1.04 bits per heavy atom. The molecule has 2 rings (SSSR count). The number of aldehydes is 1. The quantitative estimate of drug-likeness (QED) is 0.665. The van der Waals surface area contributed by atoms with Crippen molar-refractivity contribution < 1.29 is 14.3 Å². The number of amides is 1. The average Bonchev–Trinajstić information content (AvgIpc) is 2.65. The van der Waals surface area contributed by atoms with E-state index in [0.29, 0.717) is 30.8 Å². The lowest BCUT2D eigenvalue weighted by atomic mass is 10.1. The highest BCUT2D eigenvalue weighted by Crippen LogP contribution is 2.09. The Bertz CT molecular complexity index is 638. The Morgan fingerprint density at radius 2 is 1.75 bits per heavy atom. The van der Waals surface area contributed by atoms with E-state index in [-0.39, 0.29) is 5.91 Å². The van der Waals surface area contributed by atoms with E-state index in [2.05, 4.69) is 12.1 Å². The van der Waals surface area contributed by atoms with Crippen molar-refractivity contribution in [1.82, 2.24) is 4.90 Å². The summed E-state index contributed by atoms with van der Waals surface area (Å²) in [4.78, 5) is 25.2. The molecule has 0 aliphatic rings. The average molecular weight is 325 g/mol. The molecular formula is C20H23NO3. The Labute approximate surface area is 143 Å². The number of carbonyl (C=O) groups is 2. The van der Waals surface area contributed by atoms with Gasteiger partial charge in [-0.2, -0.15) is 0 Å². The molecule has 2 aromatic rings. The highest BCUT2D eigenvalue weighted by molar-refractivity contribution is 5.94. The summed E-state index contributed by atoms with van der Waals surface area (Å²) in [5.41, 5.74) is 2.43. The molecule has 24 heavy (non-hydrogen) atoms. The molecule has 0 aromatic heterocycles. The minimum Gasteiger partial charge on any atom is -0.383 e. The predicted molar refractivity (Wildman–Crippen MR) is 94.4 cm³/mol. The van der Waals surface area contributed by atoms with Gasteiger partial charge < -0.3 is 9.64 Å². The van der Waals surface area contributed by atoms with Crippen molar-refractivity contribution in [3.63, 3.8) is 0 Å². The summed E-state index contributed by atoms with van der Waals surface area (Å²) in [5, 5.41) is 0. The molecule has 0 fully saturated rings. The van der Waals surface area contributed by atoms with Crippen LogP contribution in [0.15, 0.2) is 54.6 Å².